The lowest BCUT2D eigenvalue weighted by molar-refractivity contribution is 0.141. The Morgan fingerprint density at radius 1 is 1.44 bits per heavy atom. The molecule has 0 rings (SSSR count). The van der Waals surface area contributed by atoms with Crippen LogP contribution in [0.2, 0.25) is 0 Å². The summed E-state index contributed by atoms with van der Waals surface area (Å²) in [7, 11) is 0. The molecule has 1 unspecified atom stereocenters. The largest absolute Gasteiger partial charge is 0.380 e. The van der Waals surface area contributed by atoms with E-state index in [0.29, 0.717) is 6.42 Å². The number of halogens is 1. The Morgan fingerprint density at radius 2 is 1.78 bits per heavy atom. The molecule has 3 heteroatoms. The van der Waals surface area contributed by atoms with Crippen molar-refractivity contribution in [3.05, 3.63) is 0 Å². The summed E-state index contributed by atoms with van der Waals surface area (Å²) >= 11 is 7.38. The van der Waals surface area contributed by atoms with Gasteiger partial charge in [0.1, 0.15) is 4.93 Å². The van der Waals surface area contributed by atoms with Crippen LogP contribution in [0.15, 0.2) is 0 Å². The minimum Gasteiger partial charge on any atom is -0.380 e. The van der Waals surface area contributed by atoms with Gasteiger partial charge in [-0.05, 0) is 27.2 Å². The molecule has 0 fully saturated rings. The summed E-state index contributed by atoms with van der Waals surface area (Å²) in [5.41, 5.74) is 0. The molecule has 0 amide bonds. The molecule has 0 spiro atoms. The summed E-state index contributed by atoms with van der Waals surface area (Å²) in [6.07, 6.45) is 0.628. The highest BCUT2D eigenvalue weighted by Crippen LogP contribution is 2.29. The van der Waals surface area contributed by atoms with Crippen molar-refractivity contribution >= 4 is 28.6 Å². The van der Waals surface area contributed by atoms with Crippen molar-refractivity contribution in [2.75, 3.05) is 0 Å². The van der Waals surface area contributed by atoms with E-state index in [9.17, 15) is 5.11 Å². The predicted octanol–water partition coefficient (Wildman–Crippen LogP) is 2.19. The number of hydrogen-bond acceptors (Lipinski definition) is 2. The lowest BCUT2D eigenvalue weighted by atomic mass is 10.1. The summed E-state index contributed by atoms with van der Waals surface area (Å²) in [5, 5.41) is 9.19. The van der Waals surface area contributed by atoms with E-state index in [4.69, 9.17) is 0 Å². The van der Waals surface area contributed by atoms with E-state index in [-0.39, 0.29) is 4.32 Å². The standard InChI is InChI=1S/C6H13BrOS/c1-5(2,7)4-6(3,8)9/h8-9H,4H2,1-3H3. The zero-order chi connectivity index (χ0) is 7.71. The lowest BCUT2D eigenvalue weighted by Crippen LogP contribution is -2.25. The molecule has 1 nitrogen and oxygen atoms in total. The molecule has 9 heavy (non-hydrogen) atoms. The fourth-order valence-corrected chi connectivity index (χ4v) is 1.95. The average Bonchev–Trinajstić information content (AvgIpc) is 1.14. The van der Waals surface area contributed by atoms with Crippen molar-refractivity contribution in [3.63, 3.8) is 0 Å². The van der Waals surface area contributed by atoms with Crippen LogP contribution in [0.1, 0.15) is 27.2 Å². The van der Waals surface area contributed by atoms with E-state index in [1.807, 2.05) is 13.8 Å². The van der Waals surface area contributed by atoms with Gasteiger partial charge in [-0.25, -0.2) is 0 Å². The summed E-state index contributed by atoms with van der Waals surface area (Å²) in [6.45, 7) is 5.68. The van der Waals surface area contributed by atoms with Gasteiger partial charge in [-0.1, -0.05) is 15.9 Å². The molecule has 0 aliphatic carbocycles. The van der Waals surface area contributed by atoms with Crippen LogP contribution < -0.4 is 0 Å². The SMILES string of the molecule is CC(O)(S)CC(C)(C)Br. The van der Waals surface area contributed by atoms with Crippen LogP contribution in [0.4, 0.5) is 0 Å². The van der Waals surface area contributed by atoms with Crippen LogP contribution >= 0.6 is 28.6 Å². The average molecular weight is 213 g/mol. The van der Waals surface area contributed by atoms with Crippen molar-refractivity contribution in [2.45, 2.75) is 36.4 Å². The third kappa shape index (κ3) is 8.79. The lowest BCUT2D eigenvalue weighted by Gasteiger charge is -2.24. The molecule has 0 aliphatic heterocycles. The molecule has 0 saturated carbocycles. The van der Waals surface area contributed by atoms with Gasteiger partial charge in [0.05, 0.1) is 0 Å². The van der Waals surface area contributed by atoms with E-state index >= 15 is 0 Å². The predicted molar refractivity (Wildman–Crippen MR) is 47.2 cm³/mol. The van der Waals surface area contributed by atoms with Crippen LogP contribution in [0.5, 0.6) is 0 Å². The second-order valence-electron chi connectivity index (χ2n) is 3.11. The van der Waals surface area contributed by atoms with Gasteiger partial charge in [-0.2, -0.15) is 0 Å². The molecule has 0 aliphatic rings. The number of rotatable bonds is 2. The van der Waals surface area contributed by atoms with Crippen molar-refractivity contribution in [3.8, 4) is 0 Å². The van der Waals surface area contributed by atoms with E-state index in [1.165, 1.54) is 0 Å². The Balaban J connectivity index is 3.75. The fourth-order valence-electron chi connectivity index (χ4n) is 0.796. The Labute approximate surface area is 70.4 Å². The van der Waals surface area contributed by atoms with E-state index in [0.717, 1.165) is 0 Å². The van der Waals surface area contributed by atoms with Crippen LogP contribution in [0, 0.1) is 0 Å². The molecule has 0 aromatic rings. The second-order valence-corrected chi connectivity index (χ2v) is 6.22. The maximum absolute atomic E-state index is 9.19. The van der Waals surface area contributed by atoms with E-state index in [2.05, 4.69) is 28.6 Å². The quantitative estimate of drug-likeness (QED) is 0.409. The summed E-state index contributed by atoms with van der Waals surface area (Å²) in [5.74, 6) is 0. The first-order valence-corrected chi connectivity index (χ1v) is 4.08. The van der Waals surface area contributed by atoms with Crippen molar-refractivity contribution in [1.82, 2.24) is 0 Å². The number of aliphatic hydroxyl groups is 1. The van der Waals surface area contributed by atoms with E-state index in [1.54, 1.807) is 6.92 Å². The minimum absolute atomic E-state index is 0.0295. The summed E-state index contributed by atoms with van der Waals surface area (Å²) in [4.78, 5) is -0.868. The zero-order valence-corrected chi connectivity index (χ0v) is 8.46. The van der Waals surface area contributed by atoms with Crippen molar-refractivity contribution in [1.29, 1.82) is 0 Å². The molecule has 0 heterocycles. The third-order valence-corrected chi connectivity index (χ3v) is 1.19. The van der Waals surface area contributed by atoms with Crippen molar-refractivity contribution < 1.29 is 5.11 Å². The van der Waals surface area contributed by atoms with Gasteiger partial charge in [0.25, 0.3) is 0 Å². The Hall–Kier alpha value is 0.790. The van der Waals surface area contributed by atoms with Gasteiger partial charge in [0.15, 0.2) is 0 Å². The van der Waals surface area contributed by atoms with Gasteiger partial charge in [-0.15, -0.1) is 12.6 Å². The van der Waals surface area contributed by atoms with Gasteiger partial charge >= 0.3 is 0 Å². The molecular formula is C6H13BrOS. The van der Waals surface area contributed by atoms with Gasteiger partial charge in [-0.3, -0.25) is 0 Å². The first-order valence-electron chi connectivity index (χ1n) is 2.84. The molecule has 1 atom stereocenters. The molecule has 0 aromatic carbocycles. The zero-order valence-electron chi connectivity index (χ0n) is 5.98. The fraction of sp³-hybridized carbons (Fsp3) is 1.00. The van der Waals surface area contributed by atoms with Gasteiger partial charge < -0.3 is 5.11 Å². The van der Waals surface area contributed by atoms with Crippen LogP contribution in [-0.4, -0.2) is 14.4 Å². The van der Waals surface area contributed by atoms with Crippen LogP contribution in [0.3, 0.4) is 0 Å². The topological polar surface area (TPSA) is 20.2 Å². The Bertz CT molecular complexity index is 78.2. The highest BCUT2D eigenvalue weighted by molar-refractivity contribution is 9.10. The monoisotopic (exact) mass is 212 g/mol. The highest BCUT2D eigenvalue weighted by atomic mass is 79.9. The van der Waals surface area contributed by atoms with E-state index < -0.39 is 4.93 Å². The molecule has 0 bridgehead atoms. The maximum atomic E-state index is 9.19. The summed E-state index contributed by atoms with van der Waals surface area (Å²) < 4.78 is -0.0295. The highest BCUT2D eigenvalue weighted by Gasteiger charge is 2.24. The minimum atomic E-state index is -0.868. The molecular weight excluding hydrogens is 200 g/mol. The number of thiol groups is 1. The maximum Gasteiger partial charge on any atom is 0.106 e. The smallest absolute Gasteiger partial charge is 0.106 e. The molecule has 0 aromatic heterocycles. The number of hydrogen-bond donors (Lipinski definition) is 2. The second kappa shape index (κ2) is 2.81. The molecule has 0 saturated heterocycles. The normalized spacial score (nSPS) is 19.3. The van der Waals surface area contributed by atoms with Crippen LogP contribution in [0.25, 0.3) is 0 Å². The number of alkyl halides is 1. The molecule has 56 valence electrons. The van der Waals surface area contributed by atoms with Crippen molar-refractivity contribution in [2.24, 2.45) is 0 Å². The molecule has 1 N–H and O–H groups in total. The third-order valence-electron chi connectivity index (χ3n) is 0.755. The first kappa shape index (κ1) is 9.79. The Kier molecular flexibility index (Phi) is 3.05. The first-order chi connectivity index (χ1) is 3.71. The van der Waals surface area contributed by atoms with Crippen LogP contribution in [-0.2, 0) is 0 Å². The summed E-state index contributed by atoms with van der Waals surface area (Å²) in [6, 6.07) is 0. The van der Waals surface area contributed by atoms with Gasteiger partial charge in [0.2, 0.25) is 0 Å². The van der Waals surface area contributed by atoms with Gasteiger partial charge in [0, 0.05) is 4.32 Å². The molecule has 0 radical (unpaired) electrons. The Morgan fingerprint density at radius 3 is 1.78 bits per heavy atom.